The number of hydrogen-bond donors (Lipinski definition) is 0. The van der Waals surface area contributed by atoms with Crippen LogP contribution in [0, 0.1) is 0 Å². The predicted octanol–water partition coefficient (Wildman–Crippen LogP) is 1.43. The van der Waals surface area contributed by atoms with Crippen LogP contribution >= 0.6 is 11.6 Å². The molecule has 0 bridgehead atoms. The van der Waals surface area contributed by atoms with E-state index in [0.717, 1.165) is 18.7 Å². The van der Waals surface area contributed by atoms with E-state index in [4.69, 9.17) is 16.3 Å². The highest BCUT2D eigenvalue weighted by atomic mass is 35.5. The third-order valence-corrected chi connectivity index (χ3v) is 5.59. The number of halogens is 1. The lowest BCUT2D eigenvalue weighted by atomic mass is 10.2. The maximum Gasteiger partial charge on any atom is 0.218 e. The van der Waals surface area contributed by atoms with Gasteiger partial charge in [-0.05, 0) is 24.7 Å². The lowest BCUT2D eigenvalue weighted by Gasteiger charge is -2.32. The van der Waals surface area contributed by atoms with Gasteiger partial charge in [0.05, 0.1) is 18.5 Å². The van der Waals surface area contributed by atoms with Crippen LogP contribution < -0.4 is 0 Å². The number of ether oxygens (including phenoxy) is 1. The zero-order valence-electron chi connectivity index (χ0n) is 12.3. The molecule has 7 heteroatoms. The number of morpholine rings is 1. The van der Waals surface area contributed by atoms with E-state index < -0.39 is 10.0 Å². The molecule has 2 rings (SSSR count). The number of likely N-dealkylation sites (N-methyl/N-ethyl adjacent to an activating group) is 2. The maximum atomic E-state index is 12.4. The van der Waals surface area contributed by atoms with Crippen molar-refractivity contribution < 1.29 is 13.2 Å². The minimum Gasteiger partial charge on any atom is -0.374 e. The van der Waals surface area contributed by atoms with Gasteiger partial charge in [-0.15, -0.1) is 0 Å². The van der Waals surface area contributed by atoms with E-state index in [9.17, 15) is 8.42 Å². The quantitative estimate of drug-likeness (QED) is 0.818. The first-order valence-corrected chi connectivity index (χ1v) is 8.84. The molecule has 1 aliphatic heterocycles. The molecule has 0 aromatic heterocycles. The molecule has 1 atom stereocenters. The zero-order valence-corrected chi connectivity index (χ0v) is 13.9. The molecule has 1 saturated heterocycles. The standard InChI is InChI=1S/C14H21ClN2O3S/c1-16-7-8-20-14(9-16)10-17(2)21(18,19)11-12-3-5-13(15)6-4-12/h3-6,14H,7-11H2,1-2H3. The Hall–Kier alpha value is -0.660. The molecule has 0 N–H and O–H groups in total. The number of hydrogen-bond acceptors (Lipinski definition) is 4. The lowest BCUT2D eigenvalue weighted by molar-refractivity contribution is -0.0247. The van der Waals surface area contributed by atoms with Gasteiger partial charge >= 0.3 is 0 Å². The SMILES string of the molecule is CN1CCOC(CN(C)S(=O)(=O)Cc2ccc(Cl)cc2)C1. The van der Waals surface area contributed by atoms with E-state index in [0.29, 0.717) is 18.2 Å². The lowest BCUT2D eigenvalue weighted by Crippen LogP contribution is -2.46. The molecule has 21 heavy (non-hydrogen) atoms. The maximum absolute atomic E-state index is 12.4. The second-order valence-corrected chi connectivity index (χ2v) is 7.93. The number of rotatable bonds is 5. The van der Waals surface area contributed by atoms with E-state index >= 15 is 0 Å². The highest BCUT2D eigenvalue weighted by Gasteiger charge is 2.25. The van der Waals surface area contributed by atoms with E-state index in [-0.39, 0.29) is 11.9 Å². The van der Waals surface area contributed by atoms with Crippen LogP contribution in [0.4, 0.5) is 0 Å². The topological polar surface area (TPSA) is 49.9 Å². The van der Waals surface area contributed by atoms with E-state index in [1.54, 1.807) is 31.3 Å². The van der Waals surface area contributed by atoms with Crippen LogP contribution in [0.5, 0.6) is 0 Å². The Morgan fingerprint density at radius 3 is 2.67 bits per heavy atom. The molecule has 1 unspecified atom stereocenters. The van der Waals surface area contributed by atoms with Gasteiger partial charge in [0.1, 0.15) is 0 Å². The molecule has 1 aliphatic rings. The Kier molecular flexibility index (Phi) is 5.62. The predicted molar refractivity (Wildman–Crippen MR) is 83.9 cm³/mol. The van der Waals surface area contributed by atoms with Crippen molar-refractivity contribution in [2.24, 2.45) is 0 Å². The van der Waals surface area contributed by atoms with Crippen LogP contribution in [0.15, 0.2) is 24.3 Å². The number of sulfonamides is 1. The highest BCUT2D eigenvalue weighted by molar-refractivity contribution is 7.88. The second-order valence-electron chi connectivity index (χ2n) is 5.42. The summed E-state index contributed by atoms with van der Waals surface area (Å²) in [6.45, 7) is 2.66. The van der Waals surface area contributed by atoms with Crippen LogP contribution in [-0.4, -0.2) is 64.1 Å². The number of benzene rings is 1. The first-order chi connectivity index (χ1) is 9.87. The van der Waals surface area contributed by atoms with E-state index in [1.165, 1.54) is 4.31 Å². The van der Waals surface area contributed by atoms with Crippen molar-refractivity contribution in [1.82, 2.24) is 9.21 Å². The van der Waals surface area contributed by atoms with Crippen molar-refractivity contribution in [3.05, 3.63) is 34.9 Å². The summed E-state index contributed by atoms with van der Waals surface area (Å²) in [5, 5.41) is 0.600. The molecule has 0 spiro atoms. The molecule has 0 saturated carbocycles. The average Bonchev–Trinajstić information content (AvgIpc) is 2.41. The fraction of sp³-hybridized carbons (Fsp3) is 0.571. The first-order valence-electron chi connectivity index (χ1n) is 6.85. The monoisotopic (exact) mass is 332 g/mol. The fourth-order valence-corrected chi connectivity index (χ4v) is 3.63. The summed E-state index contributed by atoms with van der Waals surface area (Å²) in [4.78, 5) is 2.15. The molecule has 118 valence electrons. The zero-order chi connectivity index (χ0) is 15.5. The van der Waals surface area contributed by atoms with Crippen molar-refractivity contribution in [3.63, 3.8) is 0 Å². The minimum absolute atomic E-state index is 0.0246. The molecule has 1 heterocycles. The van der Waals surface area contributed by atoms with Crippen molar-refractivity contribution in [2.75, 3.05) is 40.3 Å². The van der Waals surface area contributed by atoms with Gasteiger partial charge in [-0.3, -0.25) is 0 Å². The van der Waals surface area contributed by atoms with Crippen molar-refractivity contribution >= 4 is 21.6 Å². The van der Waals surface area contributed by atoms with Gasteiger partial charge in [-0.1, -0.05) is 23.7 Å². The summed E-state index contributed by atoms with van der Waals surface area (Å²) in [7, 11) is 0.261. The van der Waals surface area contributed by atoms with E-state index in [1.807, 2.05) is 7.05 Å². The summed E-state index contributed by atoms with van der Waals surface area (Å²) in [6, 6.07) is 6.87. The Balaban J connectivity index is 1.96. The van der Waals surface area contributed by atoms with Gasteiger partial charge in [0, 0.05) is 31.7 Å². The highest BCUT2D eigenvalue weighted by Crippen LogP contribution is 2.15. The molecule has 1 aromatic rings. The van der Waals surface area contributed by atoms with Crippen LogP contribution in [0.1, 0.15) is 5.56 Å². The summed E-state index contributed by atoms with van der Waals surface area (Å²) < 4.78 is 31.7. The fourth-order valence-electron chi connectivity index (χ4n) is 2.28. The first kappa shape index (κ1) is 16.7. The molecular weight excluding hydrogens is 312 g/mol. The summed E-state index contributed by atoms with van der Waals surface area (Å²) in [5.41, 5.74) is 0.730. The second kappa shape index (κ2) is 7.07. The largest absolute Gasteiger partial charge is 0.374 e. The molecule has 1 fully saturated rings. The van der Waals surface area contributed by atoms with Gasteiger partial charge in [0.2, 0.25) is 10.0 Å². The molecule has 0 radical (unpaired) electrons. The van der Waals surface area contributed by atoms with E-state index in [2.05, 4.69) is 4.90 Å². The molecule has 0 amide bonds. The van der Waals surface area contributed by atoms with Gasteiger partial charge < -0.3 is 9.64 Å². The van der Waals surface area contributed by atoms with Crippen LogP contribution in [0.2, 0.25) is 5.02 Å². The molecule has 0 aliphatic carbocycles. The summed E-state index contributed by atoms with van der Waals surface area (Å²) >= 11 is 5.81. The van der Waals surface area contributed by atoms with Crippen molar-refractivity contribution in [1.29, 1.82) is 0 Å². The third kappa shape index (κ3) is 4.93. The molecule has 1 aromatic carbocycles. The molecular formula is C14H21ClN2O3S. The average molecular weight is 333 g/mol. The Morgan fingerprint density at radius 2 is 2.05 bits per heavy atom. The minimum atomic E-state index is -3.35. The number of nitrogens with zero attached hydrogens (tertiary/aromatic N) is 2. The van der Waals surface area contributed by atoms with Crippen molar-refractivity contribution in [2.45, 2.75) is 11.9 Å². The summed E-state index contributed by atoms with van der Waals surface area (Å²) in [5.74, 6) is -0.0246. The smallest absolute Gasteiger partial charge is 0.218 e. The van der Waals surface area contributed by atoms with Gasteiger partial charge in [-0.2, -0.15) is 0 Å². The Bertz CT molecular complexity index is 562. The summed E-state index contributed by atoms with van der Waals surface area (Å²) in [6.07, 6.45) is -0.0752. The van der Waals surface area contributed by atoms with Crippen LogP contribution in [-0.2, 0) is 20.5 Å². The third-order valence-electron chi connectivity index (χ3n) is 3.54. The Morgan fingerprint density at radius 1 is 1.38 bits per heavy atom. The van der Waals surface area contributed by atoms with Crippen LogP contribution in [0.3, 0.4) is 0 Å². The van der Waals surface area contributed by atoms with Crippen LogP contribution in [0.25, 0.3) is 0 Å². The molecule has 5 nitrogen and oxygen atoms in total. The Labute approximate surface area is 131 Å². The van der Waals surface area contributed by atoms with Gasteiger partial charge in [0.25, 0.3) is 0 Å². The van der Waals surface area contributed by atoms with Crippen molar-refractivity contribution in [3.8, 4) is 0 Å². The van der Waals surface area contributed by atoms with Gasteiger partial charge in [-0.25, -0.2) is 12.7 Å². The normalized spacial score (nSPS) is 20.9. The van der Waals surface area contributed by atoms with Gasteiger partial charge in [0.15, 0.2) is 0 Å².